The van der Waals surface area contributed by atoms with Gasteiger partial charge in [-0.05, 0) is 13.0 Å². The number of carboxylic acids is 1. The molecule has 8 nitrogen and oxygen atoms in total. The Balaban J connectivity index is 3.13. The largest absolute Gasteiger partial charge is 0.493 e. The summed E-state index contributed by atoms with van der Waals surface area (Å²) in [5.41, 5.74) is -0.306. The van der Waals surface area contributed by atoms with Gasteiger partial charge < -0.3 is 20.1 Å². The van der Waals surface area contributed by atoms with E-state index in [9.17, 15) is 25.1 Å². The zero-order chi connectivity index (χ0) is 15.3. The van der Waals surface area contributed by atoms with Crippen LogP contribution in [0.4, 0.5) is 5.69 Å². The number of hydrogen-bond acceptors (Lipinski definition) is 6. The topological polar surface area (TPSA) is 130 Å². The van der Waals surface area contributed by atoms with Crippen LogP contribution in [0, 0.1) is 10.1 Å². The van der Waals surface area contributed by atoms with Crippen molar-refractivity contribution < 1.29 is 29.8 Å². The van der Waals surface area contributed by atoms with Gasteiger partial charge in [-0.25, -0.2) is 0 Å². The van der Waals surface area contributed by atoms with Gasteiger partial charge >= 0.3 is 5.97 Å². The maximum absolute atomic E-state index is 10.7. The van der Waals surface area contributed by atoms with E-state index in [1.54, 1.807) is 6.92 Å². The van der Waals surface area contributed by atoms with E-state index in [0.717, 1.165) is 6.07 Å². The first-order chi connectivity index (χ1) is 9.36. The summed E-state index contributed by atoms with van der Waals surface area (Å²) in [5.74, 6) is -1.13. The van der Waals surface area contributed by atoms with Gasteiger partial charge in [0.25, 0.3) is 5.69 Å². The molecule has 1 rings (SSSR count). The second-order valence-corrected chi connectivity index (χ2v) is 4.02. The Morgan fingerprint density at radius 2 is 2.10 bits per heavy atom. The van der Waals surface area contributed by atoms with Gasteiger partial charge in [0, 0.05) is 17.7 Å². The van der Waals surface area contributed by atoms with Crippen molar-refractivity contribution in [1.29, 1.82) is 0 Å². The second-order valence-electron chi connectivity index (χ2n) is 4.02. The third kappa shape index (κ3) is 3.90. The molecule has 0 fully saturated rings. The number of nitro groups is 1. The van der Waals surface area contributed by atoms with Crippen LogP contribution in [-0.2, 0) is 4.79 Å². The molecule has 1 aromatic carbocycles. The Bertz CT molecular complexity index is 503. The number of carbonyl (C=O) groups is 1. The molecular weight excluding hydrogens is 270 g/mol. The normalized spacial score (nSPS) is 13.6. The number of aliphatic carboxylic acids is 1. The van der Waals surface area contributed by atoms with Gasteiger partial charge in [-0.3, -0.25) is 14.9 Å². The number of aliphatic hydroxyl groups excluding tert-OH is 2. The summed E-state index contributed by atoms with van der Waals surface area (Å²) < 4.78 is 5.21. The molecule has 0 saturated carbocycles. The molecule has 0 heterocycles. The molecule has 20 heavy (non-hydrogen) atoms. The lowest BCUT2D eigenvalue weighted by molar-refractivity contribution is -0.385. The molecule has 0 bridgehead atoms. The van der Waals surface area contributed by atoms with Crippen LogP contribution in [0.1, 0.15) is 25.0 Å². The monoisotopic (exact) mass is 285 g/mol. The molecule has 2 atom stereocenters. The number of non-ortho nitro benzene ring substituents is 1. The fraction of sp³-hybridized carbons (Fsp3) is 0.417. The van der Waals surface area contributed by atoms with E-state index < -0.39 is 29.5 Å². The molecule has 1 aromatic rings. The average Bonchev–Trinajstić information content (AvgIpc) is 2.37. The average molecular weight is 285 g/mol. The Kier molecular flexibility index (Phi) is 5.42. The van der Waals surface area contributed by atoms with Crippen molar-refractivity contribution in [3.63, 3.8) is 0 Å². The van der Waals surface area contributed by atoms with Gasteiger partial charge in [0.2, 0.25) is 0 Å². The molecule has 0 saturated heterocycles. The first-order valence-corrected chi connectivity index (χ1v) is 5.85. The quantitative estimate of drug-likeness (QED) is 0.500. The fourth-order valence-corrected chi connectivity index (χ4v) is 1.67. The Labute approximate surface area is 114 Å². The summed E-state index contributed by atoms with van der Waals surface area (Å²) in [4.78, 5) is 20.6. The van der Waals surface area contributed by atoms with Crippen LogP contribution >= 0.6 is 0 Å². The van der Waals surface area contributed by atoms with Crippen molar-refractivity contribution >= 4 is 11.7 Å². The Morgan fingerprint density at radius 3 is 2.60 bits per heavy atom. The third-order valence-corrected chi connectivity index (χ3v) is 2.57. The lowest BCUT2D eigenvalue weighted by Crippen LogP contribution is -2.22. The van der Waals surface area contributed by atoms with Gasteiger partial charge in [-0.1, -0.05) is 0 Å². The maximum Gasteiger partial charge on any atom is 0.306 e. The Hall–Kier alpha value is -2.19. The molecule has 0 aliphatic carbocycles. The lowest BCUT2D eigenvalue weighted by Gasteiger charge is -2.19. The van der Waals surface area contributed by atoms with Crippen LogP contribution in [0.15, 0.2) is 18.2 Å². The highest BCUT2D eigenvalue weighted by Crippen LogP contribution is 2.32. The molecule has 0 spiro atoms. The highest BCUT2D eigenvalue weighted by atomic mass is 16.6. The summed E-state index contributed by atoms with van der Waals surface area (Å²) in [5, 5.41) is 38.8. The number of carboxylic acid groups (broad SMARTS) is 1. The van der Waals surface area contributed by atoms with Gasteiger partial charge in [0.1, 0.15) is 11.9 Å². The smallest absolute Gasteiger partial charge is 0.306 e. The number of ether oxygens (including phenoxy) is 1. The zero-order valence-electron chi connectivity index (χ0n) is 10.7. The van der Waals surface area contributed by atoms with Gasteiger partial charge in [0.15, 0.2) is 0 Å². The number of hydrogen-bond donors (Lipinski definition) is 3. The Morgan fingerprint density at radius 1 is 1.45 bits per heavy atom. The lowest BCUT2D eigenvalue weighted by atomic mass is 10.0. The standard InChI is InChI=1S/C12H15NO7/c1-2-20-10-4-3-7(13(18)19)5-8(10)12(17)9(14)6-11(15)16/h3-5,9,12,14,17H,2,6H2,1H3,(H,15,16). The van der Waals surface area contributed by atoms with Crippen LogP contribution in [0.5, 0.6) is 5.75 Å². The van der Waals surface area contributed by atoms with E-state index in [1.807, 2.05) is 0 Å². The van der Waals surface area contributed by atoms with Crippen LogP contribution < -0.4 is 4.74 Å². The summed E-state index contributed by atoms with van der Waals surface area (Å²) >= 11 is 0. The predicted molar refractivity (Wildman–Crippen MR) is 67.5 cm³/mol. The summed E-state index contributed by atoms with van der Waals surface area (Å²) in [6.45, 7) is 1.94. The second kappa shape index (κ2) is 6.83. The highest BCUT2D eigenvalue weighted by molar-refractivity contribution is 5.67. The van der Waals surface area contributed by atoms with Crippen molar-refractivity contribution in [2.45, 2.75) is 25.6 Å². The van der Waals surface area contributed by atoms with E-state index >= 15 is 0 Å². The summed E-state index contributed by atoms with van der Waals surface area (Å²) in [6.07, 6.45) is -3.86. The molecule has 0 aliphatic heterocycles. The molecular formula is C12H15NO7. The van der Waals surface area contributed by atoms with Gasteiger partial charge in [-0.2, -0.15) is 0 Å². The fourth-order valence-electron chi connectivity index (χ4n) is 1.67. The molecule has 0 aromatic heterocycles. The SMILES string of the molecule is CCOc1ccc([N+](=O)[O-])cc1C(O)C(O)CC(=O)O. The molecule has 8 heteroatoms. The van der Waals surface area contributed by atoms with E-state index in [-0.39, 0.29) is 23.6 Å². The number of aliphatic hydroxyl groups is 2. The summed E-state index contributed by atoms with van der Waals surface area (Å²) in [7, 11) is 0. The molecule has 3 N–H and O–H groups in total. The van der Waals surface area contributed by atoms with E-state index in [4.69, 9.17) is 9.84 Å². The molecule has 2 unspecified atom stereocenters. The van der Waals surface area contributed by atoms with Crippen molar-refractivity contribution in [2.75, 3.05) is 6.61 Å². The maximum atomic E-state index is 10.7. The minimum atomic E-state index is -1.59. The van der Waals surface area contributed by atoms with Crippen molar-refractivity contribution in [2.24, 2.45) is 0 Å². The van der Waals surface area contributed by atoms with Crippen molar-refractivity contribution in [1.82, 2.24) is 0 Å². The van der Waals surface area contributed by atoms with E-state index in [2.05, 4.69) is 0 Å². The molecule has 0 aliphatic rings. The number of nitrogens with zero attached hydrogens (tertiary/aromatic N) is 1. The van der Waals surface area contributed by atoms with Crippen LogP contribution in [0.3, 0.4) is 0 Å². The molecule has 0 amide bonds. The minimum Gasteiger partial charge on any atom is -0.493 e. The zero-order valence-corrected chi connectivity index (χ0v) is 10.7. The van der Waals surface area contributed by atoms with E-state index in [0.29, 0.717) is 0 Å². The van der Waals surface area contributed by atoms with E-state index in [1.165, 1.54) is 12.1 Å². The van der Waals surface area contributed by atoms with Gasteiger partial charge in [0.05, 0.1) is 24.1 Å². The van der Waals surface area contributed by atoms with Crippen LogP contribution in [0.25, 0.3) is 0 Å². The molecule has 0 radical (unpaired) electrons. The number of benzene rings is 1. The van der Waals surface area contributed by atoms with Crippen LogP contribution in [0.2, 0.25) is 0 Å². The predicted octanol–water partition coefficient (Wildman–Crippen LogP) is 0.862. The van der Waals surface area contributed by atoms with Crippen molar-refractivity contribution in [3.8, 4) is 5.75 Å². The highest BCUT2D eigenvalue weighted by Gasteiger charge is 2.26. The third-order valence-electron chi connectivity index (χ3n) is 2.57. The number of rotatable bonds is 7. The number of nitro benzene ring substituents is 1. The first-order valence-electron chi connectivity index (χ1n) is 5.85. The summed E-state index contributed by atoms with van der Waals surface area (Å²) in [6, 6.07) is 3.55. The minimum absolute atomic E-state index is 0.0187. The van der Waals surface area contributed by atoms with Crippen molar-refractivity contribution in [3.05, 3.63) is 33.9 Å². The molecule has 110 valence electrons. The first kappa shape index (κ1) is 15.9. The van der Waals surface area contributed by atoms with Crippen LogP contribution in [-0.4, -0.2) is 38.9 Å². The van der Waals surface area contributed by atoms with Gasteiger partial charge in [-0.15, -0.1) is 0 Å².